The molecule has 0 fully saturated rings. The lowest BCUT2D eigenvalue weighted by atomic mass is 10.3. The van der Waals surface area contributed by atoms with Crippen LogP contribution in [0.5, 0.6) is 0 Å². The van der Waals surface area contributed by atoms with Gasteiger partial charge < -0.3 is 5.32 Å². The Morgan fingerprint density at radius 1 is 1.19 bits per heavy atom. The van der Waals surface area contributed by atoms with E-state index in [2.05, 4.69) is 15.5 Å². The highest BCUT2D eigenvalue weighted by Gasteiger charge is 2.23. The Hall–Kier alpha value is -3.31. The maximum atomic E-state index is 12.2. The second kappa shape index (κ2) is 7.29. The average Bonchev–Trinajstić information content (AvgIpc) is 3.06. The summed E-state index contributed by atoms with van der Waals surface area (Å²) in [6, 6.07) is -0.739. The van der Waals surface area contributed by atoms with Crippen LogP contribution in [0.1, 0.15) is 30.0 Å². The van der Waals surface area contributed by atoms with Gasteiger partial charge in [0.25, 0.3) is 0 Å². The van der Waals surface area contributed by atoms with Gasteiger partial charge in [-0.15, -0.1) is 0 Å². The van der Waals surface area contributed by atoms with E-state index in [0.717, 1.165) is 0 Å². The monoisotopic (exact) mass is 365 g/mol. The van der Waals surface area contributed by atoms with E-state index in [4.69, 9.17) is 0 Å². The summed E-state index contributed by atoms with van der Waals surface area (Å²) in [5.74, 6) is -0.376. The van der Waals surface area contributed by atoms with Gasteiger partial charge in [-0.05, 0) is 27.7 Å². The van der Waals surface area contributed by atoms with Crippen LogP contribution in [0.3, 0.4) is 0 Å². The molecule has 2 heterocycles. The highest BCUT2D eigenvalue weighted by Crippen LogP contribution is 2.21. The van der Waals surface area contributed by atoms with E-state index in [-0.39, 0.29) is 36.1 Å². The van der Waals surface area contributed by atoms with Crippen molar-refractivity contribution in [1.82, 2.24) is 24.9 Å². The minimum absolute atomic E-state index is 0.0379. The molecule has 2 aromatic rings. The smallest absolute Gasteiger partial charge is 0.312 e. The maximum Gasteiger partial charge on any atom is 0.312 e. The summed E-state index contributed by atoms with van der Waals surface area (Å²) in [5, 5.41) is 32.6. The molecule has 0 radical (unpaired) electrons. The third-order valence-corrected chi connectivity index (χ3v) is 4.01. The van der Waals surface area contributed by atoms with Crippen LogP contribution in [-0.4, -0.2) is 41.9 Å². The van der Waals surface area contributed by atoms with Crippen molar-refractivity contribution in [2.45, 2.75) is 40.3 Å². The van der Waals surface area contributed by atoms with Crippen molar-refractivity contribution in [2.75, 3.05) is 6.54 Å². The largest absolute Gasteiger partial charge is 0.352 e. The molecular weight excluding hydrogens is 346 g/mol. The zero-order valence-corrected chi connectivity index (χ0v) is 14.8. The van der Waals surface area contributed by atoms with Gasteiger partial charge in [-0.25, -0.2) is 0 Å². The number of rotatable bonds is 7. The zero-order chi connectivity index (χ0) is 19.6. The van der Waals surface area contributed by atoms with Crippen LogP contribution in [0.15, 0.2) is 6.20 Å². The summed E-state index contributed by atoms with van der Waals surface area (Å²) < 4.78 is 2.69. The first kappa shape index (κ1) is 19.0. The van der Waals surface area contributed by atoms with E-state index < -0.39 is 15.9 Å². The van der Waals surface area contributed by atoms with Gasteiger partial charge in [-0.1, -0.05) is 0 Å². The van der Waals surface area contributed by atoms with Crippen molar-refractivity contribution in [3.8, 4) is 0 Å². The van der Waals surface area contributed by atoms with Crippen LogP contribution in [0.2, 0.25) is 0 Å². The van der Waals surface area contributed by atoms with Gasteiger partial charge in [0.1, 0.15) is 29.3 Å². The number of carbonyl (C=O) groups is 1. The SMILES string of the molecule is Cc1nn(C(C)C(=O)NCCn2nc(C)c([N+](=O)[O-])c2C)cc1[N+](=O)[O-]. The first-order valence-corrected chi connectivity index (χ1v) is 7.79. The Bertz CT molecular complexity index is 869. The molecule has 12 heteroatoms. The third-order valence-electron chi connectivity index (χ3n) is 4.01. The fourth-order valence-corrected chi connectivity index (χ4v) is 2.57. The molecule has 26 heavy (non-hydrogen) atoms. The molecule has 0 aliphatic rings. The van der Waals surface area contributed by atoms with E-state index in [1.807, 2.05) is 0 Å². The molecule has 1 amide bonds. The molecule has 0 saturated carbocycles. The molecule has 0 spiro atoms. The van der Waals surface area contributed by atoms with Gasteiger partial charge in [0.2, 0.25) is 5.91 Å². The van der Waals surface area contributed by atoms with Crippen LogP contribution in [0, 0.1) is 41.0 Å². The standard InChI is InChI=1S/C14H19N7O5/c1-8-12(20(23)24)7-19(16-8)11(4)14(22)15-5-6-18-10(3)13(21(25)26)9(2)17-18/h7,11H,5-6H2,1-4H3,(H,15,22). The number of amides is 1. The molecule has 2 aromatic heterocycles. The Morgan fingerprint density at radius 2 is 1.85 bits per heavy atom. The highest BCUT2D eigenvalue weighted by atomic mass is 16.6. The number of aromatic nitrogens is 4. The summed E-state index contributed by atoms with van der Waals surface area (Å²) in [7, 11) is 0. The number of nitrogens with zero attached hydrogens (tertiary/aromatic N) is 6. The lowest BCUT2D eigenvalue weighted by Crippen LogP contribution is -2.33. The predicted octanol–water partition coefficient (Wildman–Crippen LogP) is 1.20. The lowest BCUT2D eigenvalue weighted by molar-refractivity contribution is -0.386. The first-order valence-electron chi connectivity index (χ1n) is 7.79. The number of nitro groups is 2. The summed E-state index contributed by atoms with van der Waals surface area (Å²) in [5.41, 5.74) is 0.757. The Balaban J connectivity index is 1.99. The number of hydrogen-bond donors (Lipinski definition) is 1. The topological polar surface area (TPSA) is 151 Å². The predicted molar refractivity (Wildman–Crippen MR) is 89.7 cm³/mol. The normalized spacial score (nSPS) is 12.0. The summed E-state index contributed by atoms with van der Waals surface area (Å²) in [4.78, 5) is 33.0. The second-order valence-electron chi connectivity index (χ2n) is 5.80. The highest BCUT2D eigenvalue weighted by molar-refractivity contribution is 5.79. The molecule has 1 atom stereocenters. The fraction of sp³-hybridized carbons (Fsp3) is 0.500. The molecular formula is C14H19N7O5. The molecule has 0 aliphatic carbocycles. The average molecular weight is 365 g/mol. The molecule has 0 aliphatic heterocycles. The number of aryl methyl sites for hydroxylation is 2. The van der Waals surface area contributed by atoms with E-state index in [1.165, 1.54) is 22.5 Å². The molecule has 0 saturated heterocycles. The van der Waals surface area contributed by atoms with Gasteiger partial charge in [0.15, 0.2) is 0 Å². The first-order chi connectivity index (χ1) is 12.1. The van der Waals surface area contributed by atoms with Crippen molar-refractivity contribution in [2.24, 2.45) is 0 Å². The number of nitrogens with one attached hydrogen (secondary N) is 1. The zero-order valence-electron chi connectivity index (χ0n) is 14.8. The molecule has 1 unspecified atom stereocenters. The van der Waals surface area contributed by atoms with Gasteiger partial charge in [-0.3, -0.25) is 34.4 Å². The molecule has 1 N–H and O–H groups in total. The van der Waals surface area contributed by atoms with Crippen molar-refractivity contribution in [3.63, 3.8) is 0 Å². The van der Waals surface area contributed by atoms with Gasteiger partial charge in [0.05, 0.1) is 16.4 Å². The van der Waals surface area contributed by atoms with Crippen LogP contribution < -0.4 is 5.32 Å². The Morgan fingerprint density at radius 3 is 2.35 bits per heavy atom. The van der Waals surface area contributed by atoms with E-state index in [0.29, 0.717) is 11.4 Å². The lowest BCUT2D eigenvalue weighted by Gasteiger charge is -2.12. The van der Waals surface area contributed by atoms with Crippen molar-refractivity contribution in [1.29, 1.82) is 0 Å². The molecule has 12 nitrogen and oxygen atoms in total. The Labute approximate surface area is 148 Å². The van der Waals surface area contributed by atoms with Crippen LogP contribution >= 0.6 is 0 Å². The number of hydrogen-bond acceptors (Lipinski definition) is 7. The van der Waals surface area contributed by atoms with Crippen molar-refractivity contribution >= 4 is 17.3 Å². The quantitative estimate of drug-likeness (QED) is 0.571. The second-order valence-corrected chi connectivity index (χ2v) is 5.80. The van der Waals surface area contributed by atoms with Crippen LogP contribution in [0.4, 0.5) is 11.4 Å². The Kier molecular flexibility index (Phi) is 5.33. The van der Waals surface area contributed by atoms with E-state index >= 15 is 0 Å². The van der Waals surface area contributed by atoms with Gasteiger partial charge in [-0.2, -0.15) is 10.2 Å². The molecule has 140 valence electrons. The van der Waals surface area contributed by atoms with E-state index in [1.54, 1.807) is 20.8 Å². The third kappa shape index (κ3) is 3.68. The summed E-state index contributed by atoms with van der Waals surface area (Å²) in [6.07, 6.45) is 1.21. The van der Waals surface area contributed by atoms with Gasteiger partial charge >= 0.3 is 11.4 Å². The summed E-state index contributed by atoms with van der Waals surface area (Å²) in [6.45, 7) is 6.67. The van der Waals surface area contributed by atoms with Crippen molar-refractivity contribution in [3.05, 3.63) is 43.5 Å². The number of carbonyl (C=O) groups excluding carboxylic acids is 1. The molecule has 0 bridgehead atoms. The van der Waals surface area contributed by atoms with Gasteiger partial charge in [0, 0.05) is 6.54 Å². The van der Waals surface area contributed by atoms with E-state index in [9.17, 15) is 25.0 Å². The van der Waals surface area contributed by atoms with Crippen molar-refractivity contribution < 1.29 is 14.6 Å². The van der Waals surface area contributed by atoms with Crippen LogP contribution in [0.25, 0.3) is 0 Å². The fourth-order valence-electron chi connectivity index (χ4n) is 2.57. The van der Waals surface area contributed by atoms with Crippen LogP contribution in [-0.2, 0) is 11.3 Å². The minimum atomic E-state index is -0.739. The summed E-state index contributed by atoms with van der Waals surface area (Å²) >= 11 is 0. The molecule has 2 rings (SSSR count). The maximum absolute atomic E-state index is 12.2. The molecule has 0 aromatic carbocycles. The minimum Gasteiger partial charge on any atom is -0.352 e.